The molecule has 3 rings (SSSR count). The molecule has 1 aromatic heterocycles. The van der Waals surface area contributed by atoms with E-state index in [1.807, 2.05) is 44.2 Å². The maximum absolute atomic E-state index is 12.4. The summed E-state index contributed by atoms with van der Waals surface area (Å²) in [5.41, 5.74) is 0.950. The van der Waals surface area contributed by atoms with Gasteiger partial charge in [-0.15, -0.1) is 0 Å². The number of phenolic OH excluding ortho intramolecular Hbond substituents is 2. The average molecular weight is 296 g/mol. The molecule has 0 unspecified atom stereocenters. The van der Waals surface area contributed by atoms with Crippen LogP contribution >= 0.6 is 0 Å². The Morgan fingerprint density at radius 2 is 1.73 bits per heavy atom. The molecule has 0 radical (unpaired) electrons. The molecular formula is C18H16O4. The minimum absolute atomic E-state index is 0.0756. The molecule has 0 aliphatic rings. The molecule has 2 aromatic carbocycles. The molecule has 0 atom stereocenters. The van der Waals surface area contributed by atoms with Crippen molar-refractivity contribution in [2.75, 3.05) is 0 Å². The highest BCUT2D eigenvalue weighted by molar-refractivity contribution is 5.88. The lowest BCUT2D eigenvalue weighted by molar-refractivity contribution is 0.435. The maximum Gasteiger partial charge on any atom is 0.197 e. The fourth-order valence-electron chi connectivity index (χ4n) is 2.62. The molecule has 0 amide bonds. The van der Waals surface area contributed by atoms with E-state index in [1.165, 1.54) is 12.1 Å². The molecule has 4 nitrogen and oxygen atoms in total. The van der Waals surface area contributed by atoms with Crippen LogP contribution in [0, 0.1) is 0 Å². The highest BCUT2D eigenvalue weighted by atomic mass is 16.3. The summed E-state index contributed by atoms with van der Waals surface area (Å²) in [6, 6.07) is 12.0. The molecule has 22 heavy (non-hydrogen) atoms. The minimum Gasteiger partial charge on any atom is -0.507 e. The van der Waals surface area contributed by atoms with Crippen LogP contribution in [0.1, 0.15) is 25.3 Å². The molecule has 112 valence electrons. The normalized spacial score (nSPS) is 11.2. The van der Waals surface area contributed by atoms with Crippen molar-refractivity contribution in [1.29, 1.82) is 0 Å². The molecule has 1 heterocycles. The van der Waals surface area contributed by atoms with E-state index in [2.05, 4.69) is 0 Å². The molecule has 3 aromatic rings. The molecule has 0 aliphatic heterocycles. The van der Waals surface area contributed by atoms with Crippen LogP contribution in [0.5, 0.6) is 11.5 Å². The van der Waals surface area contributed by atoms with Gasteiger partial charge >= 0.3 is 0 Å². The summed E-state index contributed by atoms with van der Waals surface area (Å²) in [6.07, 6.45) is 0. The van der Waals surface area contributed by atoms with Gasteiger partial charge in [0.15, 0.2) is 5.43 Å². The molecule has 0 bridgehead atoms. The van der Waals surface area contributed by atoms with E-state index in [4.69, 9.17) is 4.42 Å². The second-order valence-corrected chi connectivity index (χ2v) is 5.53. The van der Waals surface area contributed by atoms with Crippen LogP contribution in [0.25, 0.3) is 22.3 Å². The molecule has 0 aliphatic carbocycles. The lowest BCUT2D eigenvalue weighted by Crippen LogP contribution is -2.03. The Hall–Kier alpha value is -2.75. The van der Waals surface area contributed by atoms with Gasteiger partial charge in [0.2, 0.25) is 0 Å². The van der Waals surface area contributed by atoms with Gasteiger partial charge in [0.1, 0.15) is 28.2 Å². The Bertz CT molecular complexity index is 892. The Morgan fingerprint density at radius 1 is 1.05 bits per heavy atom. The van der Waals surface area contributed by atoms with Crippen LogP contribution in [0.4, 0.5) is 0 Å². The Balaban J connectivity index is 2.33. The first-order valence-electron chi connectivity index (χ1n) is 7.07. The zero-order valence-corrected chi connectivity index (χ0v) is 12.3. The molecule has 0 spiro atoms. The van der Waals surface area contributed by atoms with E-state index in [-0.39, 0.29) is 33.8 Å². The fourth-order valence-corrected chi connectivity index (χ4v) is 2.62. The third kappa shape index (κ3) is 2.22. The third-order valence-corrected chi connectivity index (χ3v) is 3.65. The first-order chi connectivity index (χ1) is 10.5. The largest absolute Gasteiger partial charge is 0.507 e. The van der Waals surface area contributed by atoms with Gasteiger partial charge in [0.05, 0.1) is 0 Å². The van der Waals surface area contributed by atoms with E-state index >= 15 is 0 Å². The zero-order valence-electron chi connectivity index (χ0n) is 12.3. The van der Waals surface area contributed by atoms with Crippen molar-refractivity contribution in [1.82, 2.24) is 0 Å². The highest BCUT2D eigenvalue weighted by Gasteiger charge is 2.19. The number of benzene rings is 2. The van der Waals surface area contributed by atoms with E-state index < -0.39 is 0 Å². The molecular weight excluding hydrogens is 280 g/mol. The lowest BCUT2D eigenvalue weighted by atomic mass is 9.98. The van der Waals surface area contributed by atoms with Crippen LogP contribution in [-0.4, -0.2) is 10.2 Å². The van der Waals surface area contributed by atoms with E-state index in [0.29, 0.717) is 11.3 Å². The van der Waals surface area contributed by atoms with Crippen molar-refractivity contribution in [3.8, 4) is 22.8 Å². The second kappa shape index (κ2) is 5.22. The van der Waals surface area contributed by atoms with Crippen molar-refractivity contribution in [3.05, 3.63) is 58.3 Å². The lowest BCUT2D eigenvalue weighted by Gasteiger charge is -2.13. The number of fused-ring (bicyclic) bond motifs is 1. The van der Waals surface area contributed by atoms with Crippen molar-refractivity contribution in [3.63, 3.8) is 0 Å². The molecule has 0 saturated carbocycles. The number of hydrogen-bond acceptors (Lipinski definition) is 4. The monoisotopic (exact) mass is 296 g/mol. The highest BCUT2D eigenvalue weighted by Crippen LogP contribution is 2.39. The minimum atomic E-state index is -0.334. The van der Waals surface area contributed by atoms with E-state index in [9.17, 15) is 15.0 Å². The van der Waals surface area contributed by atoms with Crippen molar-refractivity contribution in [2.24, 2.45) is 0 Å². The third-order valence-electron chi connectivity index (χ3n) is 3.65. The molecule has 4 heteroatoms. The zero-order chi connectivity index (χ0) is 15.9. The van der Waals surface area contributed by atoms with Gasteiger partial charge in [-0.25, -0.2) is 0 Å². The van der Waals surface area contributed by atoms with Gasteiger partial charge in [-0.3, -0.25) is 4.79 Å². The van der Waals surface area contributed by atoms with E-state index in [1.54, 1.807) is 0 Å². The van der Waals surface area contributed by atoms with Gasteiger partial charge in [0.25, 0.3) is 0 Å². The first kappa shape index (κ1) is 14.2. The van der Waals surface area contributed by atoms with Crippen LogP contribution < -0.4 is 5.43 Å². The predicted octanol–water partition coefficient (Wildman–Crippen LogP) is 3.99. The summed E-state index contributed by atoms with van der Waals surface area (Å²) in [5, 5.41) is 20.5. The van der Waals surface area contributed by atoms with Crippen LogP contribution in [0.15, 0.2) is 51.7 Å². The molecule has 0 fully saturated rings. The first-order valence-corrected chi connectivity index (χ1v) is 7.07. The van der Waals surface area contributed by atoms with Crippen LogP contribution in [-0.2, 0) is 0 Å². The summed E-state index contributed by atoms with van der Waals surface area (Å²) in [5.74, 6) is -0.00137. The standard InChI is InChI=1S/C18H16O4/c1-10(2)16-12(19)9-15-17(18(16)21)13(20)8-14(22-15)11-6-4-3-5-7-11/h3-10,19,21H,1-2H3. The summed E-state index contributed by atoms with van der Waals surface area (Å²) in [7, 11) is 0. The van der Waals surface area contributed by atoms with Crippen LogP contribution in [0.2, 0.25) is 0 Å². The smallest absolute Gasteiger partial charge is 0.197 e. The number of aromatic hydroxyl groups is 2. The Morgan fingerprint density at radius 3 is 2.36 bits per heavy atom. The molecule has 0 saturated heterocycles. The van der Waals surface area contributed by atoms with Gasteiger partial charge in [-0.2, -0.15) is 0 Å². The number of rotatable bonds is 2. The quantitative estimate of drug-likeness (QED) is 0.750. The topological polar surface area (TPSA) is 70.7 Å². The summed E-state index contributed by atoms with van der Waals surface area (Å²) in [4.78, 5) is 12.4. The van der Waals surface area contributed by atoms with E-state index in [0.717, 1.165) is 5.56 Å². The predicted molar refractivity (Wildman–Crippen MR) is 85.3 cm³/mol. The summed E-state index contributed by atoms with van der Waals surface area (Å²) >= 11 is 0. The van der Waals surface area contributed by atoms with Crippen molar-refractivity contribution >= 4 is 11.0 Å². The van der Waals surface area contributed by atoms with Gasteiger partial charge < -0.3 is 14.6 Å². The average Bonchev–Trinajstić information content (AvgIpc) is 2.46. The van der Waals surface area contributed by atoms with Crippen molar-refractivity contribution in [2.45, 2.75) is 19.8 Å². The van der Waals surface area contributed by atoms with Crippen LogP contribution in [0.3, 0.4) is 0 Å². The van der Waals surface area contributed by atoms with Gasteiger partial charge in [-0.05, 0) is 5.92 Å². The maximum atomic E-state index is 12.4. The van der Waals surface area contributed by atoms with Gasteiger partial charge in [0, 0.05) is 23.3 Å². The summed E-state index contributed by atoms with van der Waals surface area (Å²) < 4.78 is 5.71. The Kier molecular flexibility index (Phi) is 3.37. The second-order valence-electron chi connectivity index (χ2n) is 5.53. The fraction of sp³-hybridized carbons (Fsp3) is 0.167. The number of phenols is 2. The molecule has 2 N–H and O–H groups in total. The summed E-state index contributed by atoms with van der Waals surface area (Å²) in [6.45, 7) is 3.67. The Labute approximate surface area is 127 Å². The number of hydrogen-bond donors (Lipinski definition) is 2. The SMILES string of the molecule is CC(C)c1c(O)cc2oc(-c3ccccc3)cc(=O)c2c1O. The van der Waals surface area contributed by atoms with Crippen molar-refractivity contribution < 1.29 is 14.6 Å². The van der Waals surface area contributed by atoms with Gasteiger partial charge in [-0.1, -0.05) is 44.2 Å².